The van der Waals surface area contributed by atoms with Crippen molar-refractivity contribution in [3.8, 4) is 17.2 Å². The van der Waals surface area contributed by atoms with E-state index >= 15 is 0 Å². The van der Waals surface area contributed by atoms with E-state index in [1.165, 1.54) is 26.0 Å². The molecule has 0 unspecified atom stereocenters. The quantitative estimate of drug-likeness (QED) is 0.694. The van der Waals surface area contributed by atoms with Gasteiger partial charge in [-0.2, -0.15) is 0 Å². The number of carbonyl (C=O) groups excluding carboxylic acids is 1. The SMILES string of the molecule is COc1cc(OC)c(C(=O)CSCc2ccco2)c(OC)c1. The van der Waals surface area contributed by atoms with Crippen LogP contribution in [0.3, 0.4) is 0 Å². The van der Waals surface area contributed by atoms with Crippen molar-refractivity contribution in [2.75, 3.05) is 27.1 Å². The number of ketones is 1. The van der Waals surface area contributed by atoms with Gasteiger partial charge in [-0.15, -0.1) is 11.8 Å². The molecule has 2 aromatic rings. The molecule has 0 saturated carbocycles. The first-order valence-electron chi connectivity index (χ1n) is 6.63. The van der Waals surface area contributed by atoms with Crippen molar-refractivity contribution in [1.29, 1.82) is 0 Å². The lowest BCUT2D eigenvalue weighted by Gasteiger charge is -2.14. The summed E-state index contributed by atoms with van der Waals surface area (Å²) in [5.41, 5.74) is 0.428. The van der Waals surface area contributed by atoms with Gasteiger partial charge in [0.1, 0.15) is 28.6 Å². The molecule has 0 spiro atoms. The fraction of sp³-hybridized carbons (Fsp3) is 0.312. The molecule has 0 saturated heterocycles. The van der Waals surface area contributed by atoms with Crippen LogP contribution in [-0.2, 0) is 5.75 Å². The van der Waals surface area contributed by atoms with Crippen LogP contribution in [-0.4, -0.2) is 32.9 Å². The van der Waals surface area contributed by atoms with Gasteiger partial charge in [0, 0.05) is 12.1 Å². The second kappa shape index (κ2) is 7.79. The summed E-state index contributed by atoms with van der Waals surface area (Å²) in [6.07, 6.45) is 1.62. The monoisotopic (exact) mass is 322 g/mol. The van der Waals surface area contributed by atoms with Gasteiger partial charge >= 0.3 is 0 Å². The summed E-state index contributed by atoms with van der Waals surface area (Å²) in [6, 6.07) is 7.05. The summed E-state index contributed by atoms with van der Waals surface area (Å²) < 4.78 is 21.0. The van der Waals surface area contributed by atoms with Crippen LogP contribution in [0.5, 0.6) is 17.2 Å². The molecule has 1 aromatic carbocycles. The third-order valence-electron chi connectivity index (χ3n) is 3.05. The molecule has 0 aliphatic rings. The number of benzene rings is 1. The molecule has 22 heavy (non-hydrogen) atoms. The van der Waals surface area contributed by atoms with Crippen LogP contribution in [0.15, 0.2) is 34.9 Å². The molecule has 0 N–H and O–H groups in total. The van der Waals surface area contributed by atoms with Crippen molar-refractivity contribution >= 4 is 17.5 Å². The Morgan fingerprint density at radius 3 is 2.32 bits per heavy atom. The van der Waals surface area contributed by atoms with Gasteiger partial charge < -0.3 is 18.6 Å². The second-order valence-corrected chi connectivity index (χ2v) is 5.39. The van der Waals surface area contributed by atoms with E-state index < -0.39 is 0 Å². The van der Waals surface area contributed by atoms with Crippen molar-refractivity contribution in [3.05, 3.63) is 41.9 Å². The van der Waals surface area contributed by atoms with E-state index in [4.69, 9.17) is 18.6 Å². The number of Topliss-reactive ketones (excluding diaryl/α,β-unsaturated/α-hetero) is 1. The molecule has 0 amide bonds. The van der Waals surface area contributed by atoms with Crippen molar-refractivity contribution in [2.24, 2.45) is 0 Å². The summed E-state index contributed by atoms with van der Waals surface area (Å²) in [4.78, 5) is 12.5. The highest BCUT2D eigenvalue weighted by atomic mass is 32.2. The maximum absolute atomic E-state index is 12.5. The Labute approximate surface area is 133 Å². The molecular weight excluding hydrogens is 304 g/mol. The summed E-state index contributed by atoms with van der Waals surface area (Å²) in [5.74, 6) is 3.19. The maximum atomic E-state index is 12.5. The van der Waals surface area contributed by atoms with Crippen LogP contribution in [0.2, 0.25) is 0 Å². The van der Waals surface area contributed by atoms with Crippen LogP contribution in [0.4, 0.5) is 0 Å². The molecule has 0 fully saturated rings. The summed E-state index contributed by atoms with van der Waals surface area (Å²) in [5, 5.41) is 0. The molecule has 1 aromatic heterocycles. The molecule has 5 nitrogen and oxygen atoms in total. The first kappa shape index (κ1) is 16.3. The van der Waals surface area contributed by atoms with E-state index in [9.17, 15) is 4.79 Å². The van der Waals surface area contributed by atoms with Gasteiger partial charge in [-0.25, -0.2) is 0 Å². The van der Waals surface area contributed by atoms with Gasteiger partial charge in [0.25, 0.3) is 0 Å². The number of furan rings is 1. The molecule has 0 radical (unpaired) electrons. The van der Waals surface area contributed by atoms with Crippen molar-refractivity contribution < 1.29 is 23.4 Å². The molecule has 0 atom stereocenters. The highest BCUT2D eigenvalue weighted by Gasteiger charge is 2.20. The third-order valence-corrected chi connectivity index (χ3v) is 4.01. The zero-order chi connectivity index (χ0) is 15.9. The number of methoxy groups -OCH3 is 3. The van der Waals surface area contributed by atoms with E-state index in [0.29, 0.717) is 34.3 Å². The van der Waals surface area contributed by atoms with E-state index in [-0.39, 0.29) is 5.78 Å². The molecule has 1 heterocycles. The van der Waals surface area contributed by atoms with Gasteiger partial charge in [0.2, 0.25) is 0 Å². The number of ether oxygens (including phenoxy) is 3. The molecule has 0 aliphatic carbocycles. The average molecular weight is 322 g/mol. The highest BCUT2D eigenvalue weighted by molar-refractivity contribution is 7.99. The van der Waals surface area contributed by atoms with Gasteiger partial charge in [-0.1, -0.05) is 0 Å². The Kier molecular flexibility index (Phi) is 5.77. The van der Waals surface area contributed by atoms with E-state index in [2.05, 4.69) is 0 Å². The topological polar surface area (TPSA) is 57.9 Å². The summed E-state index contributed by atoms with van der Waals surface area (Å²) in [7, 11) is 4.58. The first-order chi connectivity index (χ1) is 10.7. The van der Waals surface area contributed by atoms with Gasteiger partial charge in [-0.3, -0.25) is 4.79 Å². The van der Waals surface area contributed by atoms with Gasteiger partial charge in [0.05, 0.1) is 39.1 Å². The number of hydrogen-bond donors (Lipinski definition) is 0. The largest absolute Gasteiger partial charge is 0.496 e. The minimum Gasteiger partial charge on any atom is -0.496 e. The Morgan fingerprint density at radius 2 is 1.82 bits per heavy atom. The van der Waals surface area contributed by atoms with Gasteiger partial charge in [-0.05, 0) is 12.1 Å². The minimum absolute atomic E-state index is 0.0621. The lowest BCUT2D eigenvalue weighted by molar-refractivity contribution is 0.101. The average Bonchev–Trinajstić information content (AvgIpc) is 3.06. The van der Waals surface area contributed by atoms with Crippen LogP contribution >= 0.6 is 11.8 Å². The van der Waals surface area contributed by atoms with Crippen LogP contribution in [0.25, 0.3) is 0 Å². The lowest BCUT2D eigenvalue weighted by Crippen LogP contribution is -2.08. The smallest absolute Gasteiger partial charge is 0.180 e. The van der Waals surface area contributed by atoms with Crippen LogP contribution < -0.4 is 14.2 Å². The molecule has 6 heteroatoms. The molecule has 118 valence electrons. The van der Waals surface area contributed by atoms with Crippen LogP contribution in [0.1, 0.15) is 16.1 Å². The standard InChI is InChI=1S/C16H18O5S/c1-18-12-7-14(19-2)16(15(8-12)20-3)13(17)10-22-9-11-5-4-6-21-11/h4-8H,9-10H2,1-3H3. The Hall–Kier alpha value is -2.08. The predicted molar refractivity (Wildman–Crippen MR) is 85.3 cm³/mol. The van der Waals surface area contributed by atoms with Crippen LogP contribution in [0, 0.1) is 0 Å². The third kappa shape index (κ3) is 3.76. The fourth-order valence-electron chi connectivity index (χ4n) is 1.99. The molecule has 0 bridgehead atoms. The number of thioether (sulfide) groups is 1. The Bertz CT molecular complexity index is 596. The zero-order valence-corrected chi connectivity index (χ0v) is 13.6. The second-order valence-electron chi connectivity index (χ2n) is 4.40. The van der Waals surface area contributed by atoms with E-state index in [0.717, 1.165) is 5.76 Å². The van der Waals surface area contributed by atoms with E-state index in [1.54, 1.807) is 25.5 Å². The highest BCUT2D eigenvalue weighted by Crippen LogP contribution is 2.35. The van der Waals surface area contributed by atoms with Crippen molar-refractivity contribution in [3.63, 3.8) is 0 Å². The van der Waals surface area contributed by atoms with Gasteiger partial charge in [0.15, 0.2) is 5.78 Å². The first-order valence-corrected chi connectivity index (χ1v) is 7.78. The van der Waals surface area contributed by atoms with Crippen molar-refractivity contribution in [1.82, 2.24) is 0 Å². The number of carbonyl (C=O) groups is 1. The maximum Gasteiger partial charge on any atom is 0.180 e. The number of rotatable bonds is 8. The minimum atomic E-state index is -0.0621. The molecule has 0 aliphatic heterocycles. The predicted octanol–water partition coefficient (Wildman–Crippen LogP) is 3.42. The summed E-state index contributed by atoms with van der Waals surface area (Å²) in [6.45, 7) is 0. The fourth-order valence-corrected chi connectivity index (χ4v) is 2.79. The zero-order valence-electron chi connectivity index (χ0n) is 12.8. The Balaban J connectivity index is 2.13. The number of hydrogen-bond acceptors (Lipinski definition) is 6. The van der Waals surface area contributed by atoms with Crippen molar-refractivity contribution in [2.45, 2.75) is 5.75 Å². The molecular formula is C16H18O5S. The normalized spacial score (nSPS) is 10.3. The summed E-state index contributed by atoms with van der Waals surface area (Å²) >= 11 is 1.48. The lowest BCUT2D eigenvalue weighted by atomic mass is 10.1. The van der Waals surface area contributed by atoms with E-state index in [1.807, 2.05) is 12.1 Å². The molecule has 2 rings (SSSR count). The Morgan fingerprint density at radius 1 is 1.14 bits per heavy atom.